The summed E-state index contributed by atoms with van der Waals surface area (Å²) in [5, 5.41) is 8.78. The number of hydrogen-bond donors (Lipinski definition) is 1. The first kappa shape index (κ1) is 9.24. The van der Waals surface area contributed by atoms with Crippen LogP contribution in [0.2, 0.25) is 0 Å². The van der Waals surface area contributed by atoms with Gasteiger partial charge in [-0.25, -0.2) is 0 Å². The molecule has 0 aliphatic heterocycles. The van der Waals surface area contributed by atoms with Crippen LogP contribution in [0.4, 0.5) is 0 Å². The highest BCUT2D eigenvalue weighted by atomic mass is 16.5. The standard InChI is InChI=1S/C8H14O2/c1-3-6-10-7-4-5-8(2)9/h3-4,7-9H,1,5-6H2,2H3. The zero-order chi connectivity index (χ0) is 7.82. The first-order valence-electron chi connectivity index (χ1n) is 3.33. The summed E-state index contributed by atoms with van der Waals surface area (Å²) in [6.45, 7) is 5.74. The molecule has 0 amide bonds. The van der Waals surface area contributed by atoms with Crippen molar-refractivity contribution < 1.29 is 9.84 Å². The second kappa shape index (κ2) is 6.36. The van der Waals surface area contributed by atoms with Crippen molar-refractivity contribution in [3.8, 4) is 0 Å². The van der Waals surface area contributed by atoms with Crippen molar-refractivity contribution in [1.82, 2.24) is 0 Å². The van der Waals surface area contributed by atoms with E-state index in [2.05, 4.69) is 6.58 Å². The van der Waals surface area contributed by atoms with Crippen LogP contribution in [0.1, 0.15) is 13.3 Å². The monoisotopic (exact) mass is 142 g/mol. The van der Waals surface area contributed by atoms with Gasteiger partial charge in [0.15, 0.2) is 0 Å². The van der Waals surface area contributed by atoms with E-state index in [1.807, 2.05) is 0 Å². The minimum Gasteiger partial charge on any atom is -0.497 e. The Balaban J connectivity index is 3.11. The van der Waals surface area contributed by atoms with Crippen LogP contribution in [0.15, 0.2) is 25.0 Å². The summed E-state index contributed by atoms with van der Waals surface area (Å²) in [6, 6.07) is 0. The van der Waals surface area contributed by atoms with Crippen LogP contribution in [0, 0.1) is 0 Å². The number of aliphatic hydroxyl groups excluding tert-OH is 1. The lowest BCUT2D eigenvalue weighted by Crippen LogP contribution is -1.95. The summed E-state index contributed by atoms with van der Waals surface area (Å²) in [6.07, 6.45) is 5.38. The van der Waals surface area contributed by atoms with Crippen LogP contribution in [0.5, 0.6) is 0 Å². The molecule has 0 aromatic rings. The molecule has 0 spiro atoms. The zero-order valence-electron chi connectivity index (χ0n) is 6.29. The van der Waals surface area contributed by atoms with E-state index in [4.69, 9.17) is 9.84 Å². The van der Waals surface area contributed by atoms with E-state index in [-0.39, 0.29) is 6.10 Å². The molecule has 10 heavy (non-hydrogen) atoms. The van der Waals surface area contributed by atoms with Crippen LogP contribution in [-0.2, 0) is 4.74 Å². The zero-order valence-corrected chi connectivity index (χ0v) is 6.29. The minimum atomic E-state index is -0.288. The second-order valence-corrected chi connectivity index (χ2v) is 2.08. The Morgan fingerprint density at radius 3 is 2.90 bits per heavy atom. The molecule has 0 radical (unpaired) electrons. The lowest BCUT2D eigenvalue weighted by molar-refractivity contribution is 0.196. The Kier molecular flexibility index (Phi) is 5.88. The maximum Gasteiger partial charge on any atom is 0.105 e. The number of aliphatic hydroxyl groups is 1. The molecule has 1 atom stereocenters. The van der Waals surface area contributed by atoms with Crippen LogP contribution >= 0.6 is 0 Å². The van der Waals surface area contributed by atoms with E-state index in [0.717, 1.165) is 0 Å². The minimum absolute atomic E-state index is 0.288. The first-order chi connectivity index (χ1) is 4.77. The predicted octanol–water partition coefficient (Wildman–Crippen LogP) is 1.47. The van der Waals surface area contributed by atoms with Crippen LogP contribution < -0.4 is 0 Å². The fraction of sp³-hybridized carbons (Fsp3) is 0.500. The highest BCUT2D eigenvalue weighted by molar-refractivity contribution is 4.77. The van der Waals surface area contributed by atoms with Gasteiger partial charge in [-0.1, -0.05) is 12.7 Å². The highest BCUT2D eigenvalue weighted by Gasteiger charge is 1.87. The van der Waals surface area contributed by atoms with Gasteiger partial charge in [-0.15, -0.1) is 0 Å². The molecule has 0 aromatic heterocycles. The van der Waals surface area contributed by atoms with Gasteiger partial charge in [-0.2, -0.15) is 0 Å². The Morgan fingerprint density at radius 2 is 2.40 bits per heavy atom. The van der Waals surface area contributed by atoms with Gasteiger partial charge in [-0.3, -0.25) is 0 Å². The first-order valence-corrected chi connectivity index (χ1v) is 3.33. The molecule has 58 valence electrons. The lowest BCUT2D eigenvalue weighted by Gasteiger charge is -1.96. The van der Waals surface area contributed by atoms with E-state index in [0.29, 0.717) is 13.0 Å². The third-order valence-corrected chi connectivity index (χ3v) is 0.884. The molecule has 1 unspecified atom stereocenters. The summed E-state index contributed by atoms with van der Waals surface area (Å²) in [7, 11) is 0. The van der Waals surface area contributed by atoms with Crippen LogP contribution in [-0.4, -0.2) is 17.8 Å². The molecule has 0 saturated heterocycles. The van der Waals surface area contributed by atoms with E-state index in [1.54, 1.807) is 25.3 Å². The fourth-order valence-corrected chi connectivity index (χ4v) is 0.444. The van der Waals surface area contributed by atoms with Crippen molar-refractivity contribution in [2.24, 2.45) is 0 Å². The third kappa shape index (κ3) is 7.24. The normalized spacial score (nSPS) is 13.4. The Bertz CT molecular complexity index is 106. The average molecular weight is 142 g/mol. The molecule has 0 aliphatic carbocycles. The SMILES string of the molecule is C=CCOC=CCC(C)O. The smallest absolute Gasteiger partial charge is 0.105 e. The van der Waals surface area contributed by atoms with E-state index >= 15 is 0 Å². The van der Waals surface area contributed by atoms with Crippen LogP contribution in [0.3, 0.4) is 0 Å². The van der Waals surface area contributed by atoms with Gasteiger partial charge in [0.1, 0.15) is 6.61 Å². The van der Waals surface area contributed by atoms with Crippen molar-refractivity contribution in [2.75, 3.05) is 6.61 Å². The largest absolute Gasteiger partial charge is 0.497 e. The maximum absolute atomic E-state index is 8.78. The van der Waals surface area contributed by atoms with Crippen molar-refractivity contribution >= 4 is 0 Å². The lowest BCUT2D eigenvalue weighted by atomic mass is 10.3. The van der Waals surface area contributed by atoms with Gasteiger partial charge in [0, 0.05) is 0 Å². The summed E-state index contributed by atoms with van der Waals surface area (Å²) < 4.78 is 4.92. The van der Waals surface area contributed by atoms with Gasteiger partial charge in [-0.05, 0) is 19.4 Å². The Hall–Kier alpha value is -0.760. The third-order valence-electron chi connectivity index (χ3n) is 0.884. The topological polar surface area (TPSA) is 29.5 Å². The van der Waals surface area contributed by atoms with Crippen molar-refractivity contribution in [3.63, 3.8) is 0 Å². The van der Waals surface area contributed by atoms with Crippen molar-refractivity contribution in [3.05, 3.63) is 25.0 Å². The molecule has 1 N–H and O–H groups in total. The second-order valence-electron chi connectivity index (χ2n) is 2.08. The number of rotatable bonds is 5. The molecule has 0 rings (SSSR count). The van der Waals surface area contributed by atoms with E-state index < -0.39 is 0 Å². The highest BCUT2D eigenvalue weighted by Crippen LogP contribution is 1.90. The summed E-state index contributed by atoms with van der Waals surface area (Å²) in [5.41, 5.74) is 0. The van der Waals surface area contributed by atoms with E-state index in [1.165, 1.54) is 0 Å². The molecular weight excluding hydrogens is 128 g/mol. The average Bonchev–Trinajstić information content (AvgIpc) is 1.87. The van der Waals surface area contributed by atoms with Gasteiger partial charge in [0.2, 0.25) is 0 Å². The fourth-order valence-electron chi connectivity index (χ4n) is 0.444. The molecule has 0 bridgehead atoms. The summed E-state index contributed by atoms with van der Waals surface area (Å²) in [5.74, 6) is 0. The molecule has 0 aliphatic rings. The van der Waals surface area contributed by atoms with Gasteiger partial charge < -0.3 is 9.84 Å². The van der Waals surface area contributed by atoms with Crippen molar-refractivity contribution in [2.45, 2.75) is 19.4 Å². The molecular formula is C8H14O2. The molecule has 0 saturated carbocycles. The molecule has 0 fully saturated rings. The predicted molar refractivity (Wildman–Crippen MR) is 41.6 cm³/mol. The summed E-state index contributed by atoms with van der Waals surface area (Å²) >= 11 is 0. The van der Waals surface area contributed by atoms with Crippen molar-refractivity contribution in [1.29, 1.82) is 0 Å². The van der Waals surface area contributed by atoms with Gasteiger partial charge in [0.25, 0.3) is 0 Å². The Labute approximate surface area is 61.8 Å². The molecule has 0 aromatic carbocycles. The molecule has 2 nitrogen and oxygen atoms in total. The Morgan fingerprint density at radius 1 is 1.70 bits per heavy atom. The quantitative estimate of drug-likeness (QED) is 0.358. The maximum atomic E-state index is 8.78. The summed E-state index contributed by atoms with van der Waals surface area (Å²) in [4.78, 5) is 0. The molecule has 0 heterocycles. The number of hydrogen-bond acceptors (Lipinski definition) is 2. The van der Waals surface area contributed by atoms with Gasteiger partial charge >= 0.3 is 0 Å². The number of ether oxygens (including phenoxy) is 1. The van der Waals surface area contributed by atoms with E-state index in [9.17, 15) is 0 Å². The molecule has 2 heteroatoms. The van der Waals surface area contributed by atoms with Gasteiger partial charge in [0.05, 0.1) is 12.4 Å². The van der Waals surface area contributed by atoms with Crippen LogP contribution in [0.25, 0.3) is 0 Å².